The van der Waals surface area contributed by atoms with Crippen LogP contribution < -0.4 is 5.32 Å². The lowest BCUT2D eigenvalue weighted by atomic mass is 10.1. The molecule has 0 fully saturated rings. The van der Waals surface area contributed by atoms with Gasteiger partial charge in [-0.1, -0.05) is 6.58 Å². The first-order valence-electron chi connectivity index (χ1n) is 6.80. The molecule has 4 rings (SSSR count). The highest BCUT2D eigenvalue weighted by atomic mass is 15.1. The van der Waals surface area contributed by atoms with E-state index in [1.165, 1.54) is 11.3 Å². The van der Waals surface area contributed by atoms with Gasteiger partial charge in [-0.05, 0) is 30.5 Å². The number of aromatic amines is 2. The van der Waals surface area contributed by atoms with Gasteiger partial charge in [-0.15, -0.1) is 0 Å². The molecule has 3 heterocycles. The summed E-state index contributed by atoms with van der Waals surface area (Å²) in [7, 11) is 0. The highest BCUT2D eigenvalue weighted by Gasteiger charge is 2.17. The van der Waals surface area contributed by atoms with Crippen molar-refractivity contribution in [3.8, 4) is 0 Å². The van der Waals surface area contributed by atoms with E-state index in [2.05, 4.69) is 50.3 Å². The number of H-pyrrole nitrogens is 2. The molecule has 0 bridgehead atoms. The number of rotatable bonds is 3. The maximum absolute atomic E-state index is 4.05. The highest BCUT2D eigenvalue weighted by Crippen LogP contribution is 2.28. The molecule has 21 heavy (non-hydrogen) atoms. The summed E-state index contributed by atoms with van der Waals surface area (Å²) in [6.07, 6.45) is 7.69. The summed E-state index contributed by atoms with van der Waals surface area (Å²) in [5.41, 5.74) is 5.51. The monoisotopic (exact) mass is 277 g/mol. The van der Waals surface area contributed by atoms with Crippen LogP contribution in [-0.4, -0.2) is 20.1 Å². The normalized spacial score (nSPS) is 13.9. The fourth-order valence-corrected chi connectivity index (χ4v) is 2.64. The summed E-state index contributed by atoms with van der Waals surface area (Å²) in [6, 6.07) is 8.24. The molecule has 2 aromatic heterocycles. The summed E-state index contributed by atoms with van der Waals surface area (Å²) in [4.78, 5) is 5.33. The van der Waals surface area contributed by atoms with Gasteiger partial charge in [0.15, 0.2) is 0 Å². The van der Waals surface area contributed by atoms with Crippen molar-refractivity contribution in [3.63, 3.8) is 0 Å². The summed E-state index contributed by atoms with van der Waals surface area (Å²) < 4.78 is 0. The molecule has 5 heteroatoms. The van der Waals surface area contributed by atoms with E-state index in [4.69, 9.17) is 0 Å². The van der Waals surface area contributed by atoms with Crippen molar-refractivity contribution >= 4 is 22.3 Å². The van der Waals surface area contributed by atoms with Gasteiger partial charge in [-0.2, -0.15) is 5.10 Å². The molecule has 0 aliphatic carbocycles. The van der Waals surface area contributed by atoms with Crippen LogP contribution >= 0.6 is 0 Å². The molecule has 0 radical (unpaired) electrons. The van der Waals surface area contributed by atoms with Gasteiger partial charge in [0.1, 0.15) is 0 Å². The second-order valence-electron chi connectivity index (χ2n) is 5.06. The first kappa shape index (κ1) is 11.8. The number of nitrogens with one attached hydrogen (secondary N) is 3. The Morgan fingerprint density at radius 1 is 1.33 bits per heavy atom. The van der Waals surface area contributed by atoms with Crippen LogP contribution in [0, 0.1) is 0 Å². The van der Waals surface area contributed by atoms with Crippen LogP contribution in [0.25, 0.3) is 16.6 Å². The van der Waals surface area contributed by atoms with Crippen LogP contribution in [0.15, 0.2) is 55.6 Å². The molecule has 0 unspecified atom stereocenters. The van der Waals surface area contributed by atoms with Gasteiger partial charge in [0.05, 0.1) is 24.0 Å². The first-order chi connectivity index (χ1) is 10.3. The fourth-order valence-electron chi connectivity index (χ4n) is 2.64. The molecule has 0 saturated carbocycles. The number of nitrogens with zero attached hydrogens (tertiary/aromatic N) is 2. The predicted octanol–water partition coefficient (Wildman–Crippen LogP) is 3.26. The average molecular weight is 277 g/mol. The molecule has 5 nitrogen and oxygen atoms in total. The summed E-state index contributed by atoms with van der Waals surface area (Å²) in [5, 5.41) is 11.6. The average Bonchev–Trinajstić information content (AvgIpc) is 3.14. The molecule has 1 aliphatic rings. The smallest absolute Gasteiger partial charge is 0.0651 e. The molecule has 3 aromatic rings. The molecular weight excluding hydrogens is 262 g/mol. The maximum Gasteiger partial charge on any atom is 0.0651 e. The number of aromatic nitrogens is 3. The Labute approximate surface area is 122 Å². The number of hydrogen-bond donors (Lipinski definition) is 3. The van der Waals surface area contributed by atoms with Crippen LogP contribution in [-0.2, 0) is 6.54 Å². The Balaban J connectivity index is 1.71. The van der Waals surface area contributed by atoms with E-state index < -0.39 is 0 Å². The van der Waals surface area contributed by atoms with Crippen LogP contribution in [0.5, 0.6) is 0 Å². The predicted molar refractivity (Wildman–Crippen MR) is 84.2 cm³/mol. The van der Waals surface area contributed by atoms with E-state index in [1.54, 1.807) is 0 Å². The summed E-state index contributed by atoms with van der Waals surface area (Å²) >= 11 is 0. The minimum atomic E-state index is 0.817. The van der Waals surface area contributed by atoms with E-state index in [1.807, 2.05) is 30.7 Å². The van der Waals surface area contributed by atoms with Gasteiger partial charge >= 0.3 is 0 Å². The maximum atomic E-state index is 4.05. The zero-order chi connectivity index (χ0) is 14.2. The zero-order valence-electron chi connectivity index (χ0n) is 11.4. The van der Waals surface area contributed by atoms with E-state index in [-0.39, 0.29) is 0 Å². The molecule has 0 amide bonds. The van der Waals surface area contributed by atoms with E-state index >= 15 is 0 Å². The van der Waals surface area contributed by atoms with E-state index in [0.717, 1.165) is 28.8 Å². The summed E-state index contributed by atoms with van der Waals surface area (Å²) in [6.45, 7) is 4.66. The lowest BCUT2D eigenvalue weighted by Gasteiger charge is -2.24. The lowest BCUT2D eigenvalue weighted by molar-refractivity contribution is 0.489. The molecule has 0 atom stereocenters. The van der Waals surface area contributed by atoms with Crippen molar-refractivity contribution in [2.24, 2.45) is 0 Å². The lowest BCUT2D eigenvalue weighted by Crippen LogP contribution is -2.18. The zero-order valence-corrected chi connectivity index (χ0v) is 11.4. The molecule has 3 N–H and O–H groups in total. The first-order valence-corrected chi connectivity index (χ1v) is 6.80. The van der Waals surface area contributed by atoms with Gasteiger partial charge in [0.25, 0.3) is 0 Å². The molecule has 0 saturated heterocycles. The van der Waals surface area contributed by atoms with Gasteiger partial charge in [0.2, 0.25) is 0 Å². The minimum Gasteiger partial charge on any atom is -0.363 e. The van der Waals surface area contributed by atoms with Crippen molar-refractivity contribution in [3.05, 3.63) is 66.9 Å². The molecular formula is C16H15N5. The Morgan fingerprint density at radius 2 is 2.29 bits per heavy atom. The van der Waals surface area contributed by atoms with Gasteiger partial charge in [-0.3, -0.25) is 5.10 Å². The third-order valence-corrected chi connectivity index (χ3v) is 3.71. The second kappa shape index (κ2) is 4.56. The fraction of sp³-hybridized carbons (Fsp3) is 0.0625. The van der Waals surface area contributed by atoms with Crippen LogP contribution in [0.1, 0.15) is 11.3 Å². The highest BCUT2D eigenvalue weighted by molar-refractivity contribution is 5.86. The van der Waals surface area contributed by atoms with Crippen LogP contribution in [0.2, 0.25) is 0 Å². The summed E-state index contributed by atoms with van der Waals surface area (Å²) in [5.74, 6) is 0. The number of hydrogen-bond acceptors (Lipinski definition) is 3. The Bertz CT molecular complexity index is 839. The van der Waals surface area contributed by atoms with E-state index in [9.17, 15) is 0 Å². The Morgan fingerprint density at radius 3 is 3.19 bits per heavy atom. The van der Waals surface area contributed by atoms with Crippen molar-refractivity contribution in [1.29, 1.82) is 0 Å². The van der Waals surface area contributed by atoms with Crippen molar-refractivity contribution in [2.45, 2.75) is 6.54 Å². The molecule has 1 aliphatic heterocycles. The Kier molecular flexibility index (Phi) is 2.57. The minimum absolute atomic E-state index is 0.817. The van der Waals surface area contributed by atoms with Crippen LogP contribution in [0.3, 0.4) is 0 Å². The van der Waals surface area contributed by atoms with Gasteiger partial charge < -0.3 is 15.2 Å². The number of anilines is 1. The second-order valence-corrected chi connectivity index (χ2v) is 5.06. The third-order valence-electron chi connectivity index (χ3n) is 3.71. The van der Waals surface area contributed by atoms with Crippen molar-refractivity contribution in [2.75, 3.05) is 5.32 Å². The van der Waals surface area contributed by atoms with E-state index in [0.29, 0.717) is 0 Å². The molecule has 0 spiro atoms. The largest absolute Gasteiger partial charge is 0.363 e. The third kappa shape index (κ3) is 1.99. The van der Waals surface area contributed by atoms with Gasteiger partial charge in [0, 0.05) is 34.7 Å². The number of benzene rings is 1. The Hall–Kier alpha value is -2.95. The van der Waals surface area contributed by atoms with Crippen LogP contribution in [0.4, 0.5) is 5.69 Å². The topological polar surface area (TPSA) is 59.7 Å². The van der Waals surface area contributed by atoms with Crippen molar-refractivity contribution in [1.82, 2.24) is 20.1 Å². The molecule has 1 aromatic carbocycles. The quantitative estimate of drug-likeness (QED) is 0.688. The SMILES string of the molecule is C=CN1C=C(Nc2ccc3[nH]ncc3c2)c2cc[nH]c2C1. The van der Waals surface area contributed by atoms with Crippen molar-refractivity contribution < 1.29 is 0 Å². The van der Waals surface area contributed by atoms with Gasteiger partial charge in [-0.25, -0.2) is 0 Å². The standard InChI is InChI=1S/C16H15N5/c1-2-21-9-15-13(5-6-17-15)16(10-21)19-12-3-4-14-11(7-12)8-18-20-14/h2-8,10,17,19H,1,9H2,(H,18,20). The molecule has 104 valence electrons. The number of fused-ring (bicyclic) bond motifs is 2.